The summed E-state index contributed by atoms with van der Waals surface area (Å²) in [5, 5.41) is 7.55. The summed E-state index contributed by atoms with van der Waals surface area (Å²) in [5.74, 6) is 0.943. The topological polar surface area (TPSA) is 42.2 Å². The zero-order valence-electron chi connectivity index (χ0n) is 8.94. The Kier molecular flexibility index (Phi) is 1.58. The molecule has 0 amide bonds. The number of fused-ring (bicyclic) bond motifs is 1. The number of hydrogen-bond donors (Lipinski definition) is 1. The lowest BCUT2D eigenvalue weighted by molar-refractivity contribution is 0.630. The van der Waals surface area contributed by atoms with Crippen LogP contribution in [0.5, 0.6) is 0 Å². The normalized spacial score (nSPS) is 22.9. The molecule has 1 N–H and O–H groups in total. The van der Waals surface area contributed by atoms with Gasteiger partial charge in [-0.15, -0.1) is 0 Å². The van der Waals surface area contributed by atoms with Gasteiger partial charge in [0.25, 0.3) is 0 Å². The van der Waals surface area contributed by atoms with Gasteiger partial charge in [-0.05, 0) is 17.9 Å². The van der Waals surface area contributed by atoms with E-state index in [0.717, 1.165) is 11.5 Å². The Hall–Kier alpha value is -1.58. The molecule has 2 aromatic rings. The van der Waals surface area contributed by atoms with Crippen molar-refractivity contribution in [2.24, 2.45) is 5.41 Å². The summed E-state index contributed by atoms with van der Waals surface area (Å²) in [4.78, 5) is 4.47. The van der Waals surface area contributed by atoms with Gasteiger partial charge in [-0.3, -0.25) is 0 Å². The highest BCUT2D eigenvalue weighted by Gasteiger charge is 2.45. The van der Waals surface area contributed by atoms with E-state index in [1.165, 1.54) is 6.42 Å². The minimum atomic E-state index is 0.425. The maximum atomic E-state index is 4.47. The summed E-state index contributed by atoms with van der Waals surface area (Å²) in [5.41, 5.74) is 1.31. The number of nitrogens with zero attached hydrogens (tertiary/aromatic N) is 3. The molecule has 15 heavy (non-hydrogen) atoms. The van der Waals surface area contributed by atoms with E-state index in [0.29, 0.717) is 11.5 Å². The Balaban J connectivity index is 1.86. The van der Waals surface area contributed by atoms with Crippen LogP contribution in [0.4, 0.5) is 5.82 Å². The Labute approximate surface area is 88.3 Å². The van der Waals surface area contributed by atoms with Crippen LogP contribution < -0.4 is 5.32 Å². The molecule has 0 saturated heterocycles. The van der Waals surface area contributed by atoms with E-state index in [1.54, 1.807) is 10.7 Å². The summed E-state index contributed by atoms with van der Waals surface area (Å²) >= 11 is 0. The molecule has 0 spiro atoms. The number of aromatic nitrogens is 3. The second-order valence-electron chi connectivity index (χ2n) is 4.84. The third-order valence-electron chi connectivity index (χ3n) is 3.09. The van der Waals surface area contributed by atoms with Crippen molar-refractivity contribution in [2.45, 2.75) is 26.3 Å². The maximum absolute atomic E-state index is 4.47. The molecule has 0 aliphatic heterocycles. The van der Waals surface area contributed by atoms with Crippen LogP contribution in [-0.4, -0.2) is 20.6 Å². The fourth-order valence-corrected chi connectivity index (χ4v) is 1.79. The van der Waals surface area contributed by atoms with Gasteiger partial charge >= 0.3 is 0 Å². The van der Waals surface area contributed by atoms with Crippen molar-refractivity contribution < 1.29 is 0 Å². The molecule has 1 fully saturated rings. The van der Waals surface area contributed by atoms with Crippen LogP contribution in [-0.2, 0) is 0 Å². The lowest BCUT2D eigenvalue weighted by Crippen LogP contribution is -2.10. The van der Waals surface area contributed by atoms with Crippen molar-refractivity contribution in [3.05, 3.63) is 24.5 Å². The molecule has 2 heterocycles. The monoisotopic (exact) mass is 202 g/mol. The van der Waals surface area contributed by atoms with Crippen molar-refractivity contribution >= 4 is 11.5 Å². The van der Waals surface area contributed by atoms with Crippen LogP contribution >= 0.6 is 0 Å². The largest absolute Gasteiger partial charge is 0.367 e. The molecule has 4 nitrogen and oxygen atoms in total. The van der Waals surface area contributed by atoms with Crippen molar-refractivity contribution in [3.63, 3.8) is 0 Å². The van der Waals surface area contributed by atoms with E-state index < -0.39 is 0 Å². The summed E-state index contributed by atoms with van der Waals surface area (Å²) in [7, 11) is 0. The highest BCUT2D eigenvalue weighted by molar-refractivity contribution is 5.47. The van der Waals surface area contributed by atoms with Gasteiger partial charge in [0, 0.05) is 18.3 Å². The Bertz CT molecular complexity index is 500. The zero-order chi connectivity index (χ0) is 10.5. The third-order valence-corrected chi connectivity index (χ3v) is 3.09. The fraction of sp³-hybridized carbons (Fsp3) is 0.455. The molecule has 1 aliphatic rings. The molecular weight excluding hydrogens is 188 g/mol. The first-order valence-corrected chi connectivity index (χ1v) is 5.22. The van der Waals surface area contributed by atoms with E-state index in [9.17, 15) is 0 Å². The summed E-state index contributed by atoms with van der Waals surface area (Å²) in [6, 6.07) is 4.44. The van der Waals surface area contributed by atoms with Gasteiger partial charge in [-0.25, -0.2) is 9.50 Å². The first-order valence-electron chi connectivity index (χ1n) is 5.22. The van der Waals surface area contributed by atoms with E-state index in [-0.39, 0.29) is 0 Å². The van der Waals surface area contributed by atoms with Crippen molar-refractivity contribution in [1.29, 1.82) is 0 Å². The Morgan fingerprint density at radius 1 is 1.47 bits per heavy atom. The lowest BCUT2D eigenvalue weighted by Gasteiger charge is -2.07. The molecule has 0 aromatic carbocycles. The van der Waals surface area contributed by atoms with E-state index in [1.807, 2.05) is 18.3 Å². The van der Waals surface area contributed by atoms with Crippen LogP contribution in [0.15, 0.2) is 24.5 Å². The first kappa shape index (κ1) is 8.71. The molecule has 1 atom stereocenters. The van der Waals surface area contributed by atoms with Crippen molar-refractivity contribution in [2.75, 3.05) is 5.32 Å². The van der Waals surface area contributed by atoms with Gasteiger partial charge in [-0.1, -0.05) is 13.8 Å². The highest BCUT2D eigenvalue weighted by atomic mass is 15.2. The number of rotatable bonds is 2. The van der Waals surface area contributed by atoms with Crippen LogP contribution in [0.2, 0.25) is 0 Å². The average molecular weight is 202 g/mol. The van der Waals surface area contributed by atoms with Crippen LogP contribution in [0.3, 0.4) is 0 Å². The molecule has 3 rings (SSSR count). The smallest absolute Gasteiger partial charge is 0.157 e. The number of nitrogens with one attached hydrogen (secondary N) is 1. The molecule has 1 aliphatic carbocycles. The Morgan fingerprint density at radius 2 is 2.27 bits per heavy atom. The van der Waals surface area contributed by atoms with Gasteiger partial charge < -0.3 is 5.32 Å². The SMILES string of the molecule is CC1(C)CC1Nc1ccn2nccc2n1. The molecular formula is C11H14N4. The lowest BCUT2D eigenvalue weighted by atomic mass is 10.2. The number of hydrogen-bond acceptors (Lipinski definition) is 3. The van der Waals surface area contributed by atoms with Gasteiger partial charge in [-0.2, -0.15) is 5.10 Å². The van der Waals surface area contributed by atoms with Gasteiger partial charge in [0.05, 0.1) is 6.20 Å². The van der Waals surface area contributed by atoms with Crippen molar-refractivity contribution in [1.82, 2.24) is 14.6 Å². The average Bonchev–Trinajstić information content (AvgIpc) is 2.64. The highest BCUT2D eigenvalue weighted by Crippen LogP contribution is 2.46. The summed E-state index contributed by atoms with van der Waals surface area (Å²) < 4.78 is 1.77. The molecule has 0 radical (unpaired) electrons. The number of anilines is 1. The standard InChI is InChI=1S/C11H14N4/c1-11(2)7-8(11)13-9-4-6-15-10(14-9)3-5-12-15/h3-6,8H,7H2,1-2H3,(H,13,14). The second kappa shape index (κ2) is 2.72. The van der Waals surface area contributed by atoms with E-state index in [4.69, 9.17) is 0 Å². The van der Waals surface area contributed by atoms with Gasteiger partial charge in [0.2, 0.25) is 0 Å². The van der Waals surface area contributed by atoms with Crippen LogP contribution in [0.1, 0.15) is 20.3 Å². The minimum absolute atomic E-state index is 0.425. The molecule has 78 valence electrons. The predicted octanol–water partition coefficient (Wildman–Crippen LogP) is 1.94. The van der Waals surface area contributed by atoms with Gasteiger partial charge in [0.15, 0.2) is 5.65 Å². The maximum Gasteiger partial charge on any atom is 0.157 e. The van der Waals surface area contributed by atoms with Crippen LogP contribution in [0.25, 0.3) is 5.65 Å². The van der Waals surface area contributed by atoms with Crippen molar-refractivity contribution in [3.8, 4) is 0 Å². The zero-order valence-corrected chi connectivity index (χ0v) is 8.94. The van der Waals surface area contributed by atoms with E-state index >= 15 is 0 Å². The molecule has 2 aromatic heterocycles. The second-order valence-corrected chi connectivity index (χ2v) is 4.84. The molecule has 4 heteroatoms. The fourth-order valence-electron chi connectivity index (χ4n) is 1.79. The molecule has 0 bridgehead atoms. The Morgan fingerprint density at radius 3 is 3.00 bits per heavy atom. The summed E-state index contributed by atoms with van der Waals surface area (Å²) in [6.45, 7) is 4.53. The quantitative estimate of drug-likeness (QED) is 0.809. The minimum Gasteiger partial charge on any atom is -0.367 e. The molecule has 1 saturated carbocycles. The summed E-state index contributed by atoms with van der Waals surface area (Å²) in [6.07, 6.45) is 4.91. The van der Waals surface area contributed by atoms with Crippen LogP contribution in [0, 0.1) is 5.41 Å². The first-order chi connectivity index (χ1) is 7.15. The van der Waals surface area contributed by atoms with E-state index in [2.05, 4.69) is 29.2 Å². The van der Waals surface area contributed by atoms with Gasteiger partial charge in [0.1, 0.15) is 5.82 Å². The third kappa shape index (κ3) is 1.46. The molecule has 1 unspecified atom stereocenters. The predicted molar refractivity (Wildman–Crippen MR) is 58.8 cm³/mol.